The van der Waals surface area contributed by atoms with Gasteiger partial charge in [-0.3, -0.25) is 14.4 Å². The summed E-state index contributed by atoms with van der Waals surface area (Å²) in [6.07, 6.45) is 2.62. The molecule has 2 amide bonds. The van der Waals surface area contributed by atoms with E-state index in [0.717, 1.165) is 23.8 Å². The fourth-order valence-electron chi connectivity index (χ4n) is 4.24. The fourth-order valence-corrected chi connectivity index (χ4v) is 4.24. The number of benzene rings is 1. The van der Waals surface area contributed by atoms with E-state index in [1.807, 2.05) is 0 Å². The molecule has 4 rings (SSSR count). The highest BCUT2D eigenvalue weighted by molar-refractivity contribution is 6.23. The van der Waals surface area contributed by atoms with Crippen LogP contribution in [0.2, 0.25) is 0 Å². The number of anilines is 1. The van der Waals surface area contributed by atoms with E-state index in [1.54, 1.807) is 6.92 Å². The molecule has 2 aliphatic rings. The lowest BCUT2D eigenvalue weighted by molar-refractivity contribution is -0.136. The second kappa shape index (κ2) is 5.89. The molecule has 2 unspecified atom stereocenters. The molecule has 1 N–H and O–H groups in total. The third kappa shape index (κ3) is 2.32. The molecule has 8 heteroatoms. The molecule has 1 saturated heterocycles. The highest BCUT2D eigenvalue weighted by atomic mass is 19.1. The van der Waals surface area contributed by atoms with Crippen molar-refractivity contribution in [1.82, 2.24) is 5.16 Å². The van der Waals surface area contributed by atoms with Crippen LogP contribution in [0.15, 0.2) is 10.6 Å². The maximum atomic E-state index is 14.8. The van der Waals surface area contributed by atoms with Crippen LogP contribution in [0.1, 0.15) is 36.9 Å². The Balaban J connectivity index is 1.87. The minimum atomic E-state index is -1.11. The van der Waals surface area contributed by atoms with Gasteiger partial charge in [0.15, 0.2) is 11.4 Å². The van der Waals surface area contributed by atoms with E-state index in [4.69, 9.17) is 9.63 Å². The van der Waals surface area contributed by atoms with Crippen LogP contribution in [-0.2, 0) is 20.8 Å². The van der Waals surface area contributed by atoms with E-state index < -0.39 is 30.0 Å². The van der Waals surface area contributed by atoms with Crippen molar-refractivity contribution in [2.75, 3.05) is 4.90 Å². The Bertz CT molecular complexity index is 927. The van der Waals surface area contributed by atoms with Crippen LogP contribution in [-0.4, -0.2) is 28.0 Å². The van der Waals surface area contributed by atoms with E-state index in [9.17, 15) is 18.8 Å². The number of amides is 2. The lowest BCUT2D eigenvalue weighted by Crippen LogP contribution is -2.32. The minimum Gasteiger partial charge on any atom is -0.481 e. The maximum absolute atomic E-state index is 14.8. The zero-order chi connectivity index (χ0) is 18.6. The van der Waals surface area contributed by atoms with Crippen molar-refractivity contribution in [3.8, 4) is 0 Å². The monoisotopic (exact) mass is 360 g/mol. The van der Waals surface area contributed by atoms with Gasteiger partial charge < -0.3 is 9.63 Å². The zero-order valence-electron chi connectivity index (χ0n) is 14.1. The third-order valence-electron chi connectivity index (χ3n) is 5.39. The molecule has 2 aromatic rings. The van der Waals surface area contributed by atoms with Gasteiger partial charge in [-0.15, -0.1) is 0 Å². The highest BCUT2D eigenvalue weighted by Crippen LogP contribution is 2.43. The first kappa shape index (κ1) is 16.7. The Kier molecular flexibility index (Phi) is 3.78. The van der Waals surface area contributed by atoms with Crippen molar-refractivity contribution < 1.29 is 28.4 Å². The molecule has 1 aromatic carbocycles. The molecule has 7 nitrogen and oxygen atoms in total. The molecule has 0 spiro atoms. The van der Waals surface area contributed by atoms with Crippen molar-refractivity contribution in [3.63, 3.8) is 0 Å². The number of carboxylic acids is 1. The molecular formula is C18H17FN2O5. The van der Waals surface area contributed by atoms with Crippen LogP contribution in [0.4, 0.5) is 10.1 Å². The second-order valence-electron chi connectivity index (χ2n) is 6.91. The van der Waals surface area contributed by atoms with Gasteiger partial charge in [-0.1, -0.05) is 18.0 Å². The number of carbonyl (C=O) groups excluding carboxylic acids is 2. The predicted octanol–water partition coefficient (Wildman–Crippen LogP) is 2.58. The number of nitrogens with zero attached hydrogens (tertiary/aromatic N) is 2. The Hall–Kier alpha value is -2.77. The van der Waals surface area contributed by atoms with Crippen molar-refractivity contribution in [2.24, 2.45) is 11.8 Å². The summed E-state index contributed by atoms with van der Waals surface area (Å²) in [5.41, 5.74) is 0.411. The van der Waals surface area contributed by atoms with Crippen LogP contribution in [0.25, 0.3) is 11.0 Å². The second-order valence-corrected chi connectivity index (χ2v) is 6.91. The van der Waals surface area contributed by atoms with E-state index in [-0.39, 0.29) is 34.3 Å². The number of hydrogen-bond donors (Lipinski definition) is 1. The van der Waals surface area contributed by atoms with Gasteiger partial charge in [0.1, 0.15) is 5.69 Å². The summed E-state index contributed by atoms with van der Waals surface area (Å²) in [6, 6.07) is 1.05. The smallest absolute Gasteiger partial charge is 0.309 e. The van der Waals surface area contributed by atoms with Gasteiger partial charge in [0.05, 0.1) is 29.3 Å². The molecule has 1 aliphatic heterocycles. The molecule has 1 aliphatic carbocycles. The zero-order valence-corrected chi connectivity index (χ0v) is 14.1. The molecule has 136 valence electrons. The maximum Gasteiger partial charge on any atom is 0.309 e. The quantitative estimate of drug-likeness (QED) is 0.845. The van der Waals surface area contributed by atoms with Gasteiger partial charge in [0.2, 0.25) is 11.8 Å². The van der Waals surface area contributed by atoms with Crippen molar-refractivity contribution in [1.29, 1.82) is 0 Å². The SMILES string of the molecule is Cc1c(N2C(=O)C3CCCCC3C2=O)c(F)cc2onc(CC(=O)O)c12. The summed E-state index contributed by atoms with van der Waals surface area (Å²) in [5, 5.41) is 13.1. The van der Waals surface area contributed by atoms with Crippen LogP contribution in [0.3, 0.4) is 0 Å². The van der Waals surface area contributed by atoms with Crippen LogP contribution >= 0.6 is 0 Å². The molecule has 1 saturated carbocycles. The fraction of sp³-hybridized carbons (Fsp3) is 0.444. The predicted molar refractivity (Wildman–Crippen MR) is 88.0 cm³/mol. The summed E-state index contributed by atoms with van der Waals surface area (Å²) in [7, 11) is 0. The van der Waals surface area contributed by atoms with Crippen molar-refractivity contribution >= 4 is 34.4 Å². The van der Waals surface area contributed by atoms with Gasteiger partial charge in [-0.2, -0.15) is 0 Å². The van der Waals surface area contributed by atoms with Crippen LogP contribution < -0.4 is 4.90 Å². The number of carbonyl (C=O) groups is 3. The molecule has 0 radical (unpaired) electrons. The average molecular weight is 360 g/mol. The van der Waals surface area contributed by atoms with Crippen LogP contribution in [0, 0.1) is 24.6 Å². The first-order valence-corrected chi connectivity index (χ1v) is 8.57. The molecule has 0 bridgehead atoms. The van der Waals surface area contributed by atoms with Crippen LogP contribution in [0.5, 0.6) is 0 Å². The third-order valence-corrected chi connectivity index (χ3v) is 5.39. The Morgan fingerprint density at radius 3 is 2.50 bits per heavy atom. The van der Waals surface area contributed by atoms with Gasteiger partial charge in [0, 0.05) is 6.07 Å². The molecule has 2 atom stereocenters. The highest BCUT2D eigenvalue weighted by Gasteiger charge is 2.50. The summed E-state index contributed by atoms with van der Waals surface area (Å²) in [5.74, 6) is -3.41. The molecule has 26 heavy (non-hydrogen) atoms. The Morgan fingerprint density at radius 2 is 1.92 bits per heavy atom. The number of rotatable bonds is 3. The number of aromatic nitrogens is 1. The molecule has 2 fully saturated rings. The number of fused-ring (bicyclic) bond motifs is 2. The average Bonchev–Trinajstić information content (AvgIpc) is 3.09. The first-order chi connectivity index (χ1) is 12.4. The van der Waals surface area contributed by atoms with Gasteiger partial charge in [-0.05, 0) is 25.3 Å². The van der Waals surface area contributed by atoms with E-state index in [1.165, 1.54) is 0 Å². The van der Waals surface area contributed by atoms with Gasteiger partial charge in [0.25, 0.3) is 0 Å². The van der Waals surface area contributed by atoms with Gasteiger partial charge >= 0.3 is 5.97 Å². The standard InChI is InChI=1S/C18H17FN2O5/c1-8-15-12(7-14(22)23)20-26-13(15)6-11(19)16(8)21-17(24)9-4-2-3-5-10(9)18(21)25/h6,9-10H,2-5,7H2,1H3,(H,22,23). The number of imide groups is 1. The summed E-state index contributed by atoms with van der Waals surface area (Å²) < 4.78 is 19.8. The first-order valence-electron chi connectivity index (χ1n) is 8.57. The Labute approximate surface area is 147 Å². The van der Waals surface area contributed by atoms with E-state index in [2.05, 4.69) is 5.16 Å². The summed E-state index contributed by atoms with van der Waals surface area (Å²) >= 11 is 0. The van der Waals surface area contributed by atoms with E-state index >= 15 is 0 Å². The largest absolute Gasteiger partial charge is 0.481 e. The topological polar surface area (TPSA) is 101 Å². The lowest BCUT2D eigenvalue weighted by atomic mass is 9.81. The Morgan fingerprint density at radius 1 is 1.31 bits per heavy atom. The molecular weight excluding hydrogens is 343 g/mol. The number of aliphatic carboxylic acids is 1. The van der Waals surface area contributed by atoms with Crippen molar-refractivity contribution in [3.05, 3.63) is 23.1 Å². The minimum absolute atomic E-state index is 0.0940. The molecule has 2 heterocycles. The summed E-state index contributed by atoms with van der Waals surface area (Å²) in [4.78, 5) is 37.6. The lowest BCUT2D eigenvalue weighted by Gasteiger charge is -2.19. The number of halogens is 1. The normalized spacial score (nSPS) is 22.9. The van der Waals surface area contributed by atoms with Gasteiger partial charge in [-0.25, -0.2) is 9.29 Å². The number of carboxylic acid groups (broad SMARTS) is 1. The molecule has 1 aromatic heterocycles. The van der Waals surface area contributed by atoms with Crippen molar-refractivity contribution in [2.45, 2.75) is 39.0 Å². The summed E-state index contributed by atoms with van der Waals surface area (Å²) in [6.45, 7) is 1.55. The number of hydrogen-bond acceptors (Lipinski definition) is 5. The number of aryl methyl sites for hydroxylation is 1. The van der Waals surface area contributed by atoms with E-state index in [0.29, 0.717) is 18.2 Å².